The highest BCUT2D eigenvalue weighted by atomic mass is 32.2. The Balaban J connectivity index is 2.02. The normalized spacial score (nSPS) is 17.4. The first kappa shape index (κ1) is 21.6. The molecule has 1 aliphatic carbocycles. The van der Waals surface area contributed by atoms with E-state index in [9.17, 15) is 9.59 Å². The van der Waals surface area contributed by atoms with Gasteiger partial charge in [-0.25, -0.2) is 14.1 Å². The number of hydrogen-bond acceptors (Lipinski definition) is 6. The van der Waals surface area contributed by atoms with Gasteiger partial charge in [0, 0.05) is 16.7 Å². The van der Waals surface area contributed by atoms with Crippen molar-refractivity contribution in [3.63, 3.8) is 0 Å². The zero-order valence-electron chi connectivity index (χ0n) is 18.5. The summed E-state index contributed by atoms with van der Waals surface area (Å²) >= 11 is 1.51. The van der Waals surface area contributed by atoms with Gasteiger partial charge < -0.3 is 4.74 Å². The van der Waals surface area contributed by atoms with E-state index in [4.69, 9.17) is 9.72 Å². The average Bonchev–Trinajstić information content (AvgIpc) is 3.09. The minimum absolute atomic E-state index is 0.0814. The number of rotatable bonds is 7. The van der Waals surface area contributed by atoms with E-state index < -0.39 is 5.97 Å². The number of hydrogen-bond donors (Lipinski definition) is 0. The second-order valence-electron chi connectivity index (χ2n) is 8.12. The van der Waals surface area contributed by atoms with Crippen LogP contribution < -0.4 is 5.56 Å². The van der Waals surface area contributed by atoms with E-state index in [-0.39, 0.29) is 17.5 Å². The predicted molar refractivity (Wildman–Crippen MR) is 122 cm³/mol. The second kappa shape index (κ2) is 8.49. The first-order valence-electron chi connectivity index (χ1n) is 10.8. The molecule has 31 heavy (non-hydrogen) atoms. The molecule has 0 spiro atoms. The van der Waals surface area contributed by atoms with Crippen LogP contribution in [0, 0.1) is 0 Å². The van der Waals surface area contributed by atoms with Gasteiger partial charge in [-0.2, -0.15) is 0 Å². The molecule has 1 aromatic carbocycles. The highest BCUT2D eigenvalue weighted by Gasteiger charge is 2.38. The molecule has 2 heterocycles. The molecule has 1 atom stereocenters. The van der Waals surface area contributed by atoms with Crippen LogP contribution in [0.2, 0.25) is 0 Å². The fourth-order valence-electron chi connectivity index (χ4n) is 4.22. The highest BCUT2D eigenvalue weighted by Crippen LogP contribution is 2.42. The average molecular weight is 441 g/mol. The van der Waals surface area contributed by atoms with Gasteiger partial charge in [-0.3, -0.25) is 9.59 Å². The van der Waals surface area contributed by atoms with Gasteiger partial charge >= 0.3 is 5.97 Å². The lowest BCUT2D eigenvalue weighted by atomic mass is 9.69. The van der Waals surface area contributed by atoms with Crippen molar-refractivity contribution in [3.05, 3.63) is 45.7 Å². The molecule has 0 saturated heterocycles. The lowest BCUT2D eigenvalue weighted by molar-refractivity contribution is -0.143. The predicted octanol–water partition coefficient (Wildman–Crippen LogP) is 3.85. The Morgan fingerprint density at radius 2 is 2.03 bits per heavy atom. The third-order valence-electron chi connectivity index (χ3n) is 5.95. The summed E-state index contributed by atoms with van der Waals surface area (Å²) in [6.45, 7) is 8.31. The largest absolute Gasteiger partial charge is 0.465 e. The van der Waals surface area contributed by atoms with E-state index in [1.807, 2.05) is 18.2 Å². The highest BCUT2D eigenvalue weighted by molar-refractivity contribution is 7.99. The van der Waals surface area contributed by atoms with Gasteiger partial charge in [0.2, 0.25) is 5.78 Å². The summed E-state index contributed by atoms with van der Waals surface area (Å²) in [4.78, 5) is 31.0. The van der Waals surface area contributed by atoms with Crippen molar-refractivity contribution in [2.24, 2.45) is 0 Å². The first-order chi connectivity index (χ1) is 14.9. The number of fused-ring (bicyclic) bond motifs is 4. The molecule has 8 heteroatoms. The summed E-state index contributed by atoms with van der Waals surface area (Å²) in [5, 5.41) is 5.16. The lowest BCUT2D eigenvalue weighted by Crippen LogP contribution is -2.38. The van der Waals surface area contributed by atoms with Crippen LogP contribution in [0.15, 0.2) is 34.2 Å². The Morgan fingerprint density at radius 1 is 1.26 bits per heavy atom. The van der Waals surface area contributed by atoms with Gasteiger partial charge in [0.25, 0.3) is 5.56 Å². The molecule has 164 valence electrons. The monoisotopic (exact) mass is 440 g/mol. The molecule has 4 rings (SSSR count). The smallest absolute Gasteiger partial charge is 0.327 e. The van der Waals surface area contributed by atoms with Crippen molar-refractivity contribution in [2.75, 3.05) is 12.4 Å². The maximum Gasteiger partial charge on any atom is 0.327 e. The van der Waals surface area contributed by atoms with Crippen LogP contribution in [0.1, 0.15) is 51.7 Å². The zero-order valence-corrected chi connectivity index (χ0v) is 19.3. The minimum Gasteiger partial charge on any atom is -0.465 e. The van der Waals surface area contributed by atoms with Gasteiger partial charge in [-0.15, -0.1) is 5.10 Å². The van der Waals surface area contributed by atoms with Crippen molar-refractivity contribution in [1.29, 1.82) is 0 Å². The molecule has 0 N–H and O–H groups in total. The van der Waals surface area contributed by atoms with E-state index in [0.717, 1.165) is 36.1 Å². The van der Waals surface area contributed by atoms with Crippen LogP contribution in [0.3, 0.4) is 0 Å². The van der Waals surface area contributed by atoms with Gasteiger partial charge in [-0.1, -0.05) is 56.8 Å². The maximum atomic E-state index is 13.9. The van der Waals surface area contributed by atoms with Crippen molar-refractivity contribution in [2.45, 2.75) is 64.1 Å². The molecule has 1 unspecified atom stereocenters. The Labute approximate surface area is 185 Å². The van der Waals surface area contributed by atoms with E-state index >= 15 is 0 Å². The van der Waals surface area contributed by atoms with Crippen molar-refractivity contribution >= 4 is 23.5 Å². The molecule has 0 bridgehead atoms. The second-order valence-corrected chi connectivity index (χ2v) is 9.18. The number of ether oxygens (including phenoxy) is 1. The quantitative estimate of drug-likeness (QED) is 0.410. The molecule has 3 aromatic rings. The summed E-state index contributed by atoms with van der Waals surface area (Å²) in [5.41, 5.74) is 3.20. The molecule has 0 amide bonds. The van der Waals surface area contributed by atoms with E-state index in [1.165, 1.54) is 22.0 Å². The topological polar surface area (TPSA) is 78.5 Å². The molecular formula is C23H28N4O3S. The van der Waals surface area contributed by atoms with Crippen molar-refractivity contribution in [1.82, 2.24) is 19.2 Å². The summed E-state index contributed by atoms with van der Waals surface area (Å²) in [6.07, 6.45) is 2.57. The van der Waals surface area contributed by atoms with Gasteiger partial charge in [-0.05, 0) is 31.7 Å². The molecule has 0 aliphatic heterocycles. The number of esters is 1. The number of aromatic nitrogens is 4. The van der Waals surface area contributed by atoms with Gasteiger partial charge in [0.15, 0.2) is 5.16 Å². The molecular weight excluding hydrogens is 412 g/mol. The van der Waals surface area contributed by atoms with Crippen LogP contribution in [0.4, 0.5) is 0 Å². The Hall–Kier alpha value is -2.61. The van der Waals surface area contributed by atoms with E-state index in [1.54, 1.807) is 11.3 Å². The zero-order chi connectivity index (χ0) is 22.2. The Morgan fingerprint density at radius 3 is 2.74 bits per heavy atom. The maximum absolute atomic E-state index is 13.9. The minimum atomic E-state index is -0.398. The third-order valence-corrected chi connectivity index (χ3v) is 7.09. The Kier molecular flexibility index (Phi) is 5.92. The standard InChI is InChI=1S/C23H28N4O3S/c1-5-12-31-22-25-26(14-17(28)30-7-3)21-24-19-16-11-9-8-10-15(16)13-23(4,6-2)18(19)20(29)27(21)22/h8-11H,5-7,12-14H2,1-4H3. The summed E-state index contributed by atoms with van der Waals surface area (Å²) in [5.74, 6) is 0.805. The molecule has 7 nitrogen and oxygen atoms in total. The number of carbonyl (C=O) groups is 1. The van der Waals surface area contributed by atoms with Crippen LogP contribution in [0.25, 0.3) is 17.0 Å². The molecule has 0 saturated carbocycles. The van der Waals surface area contributed by atoms with Crippen molar-refractivity contribution < 1.29 is 9.53 Å². The van der Waals surface area contributed by atoms with Crippen molar-refractivity contribution in [3.8, 4) is 11.3 Å². The summed E-state index contributed by atoms with van der Waals surface area (Å²) < 4.78 is 8.19. The lowest BCUT2D eigenvalue weighted by Gasteiger charge is -2.35. The molecule has 0 fully saturated rings. The third kappa shape index (κ3) is 3.67. The fraction of sp³-hybridized carbons (Fsp3) is 0.478. The van der Waals surface area contributed by atoms with Gasteiger partial charge in [0.1, 0.15) is 6.54 Å². The number of thioether (sulfide) groups is 1. The Bertz CT molecular complexity index is 1200. The molecule has 1 aliphatic rings. The summed E-state index contributed by atoms with van der Waals surface area (Å²) in [7, 11) is 0. The number of carbonyl (C=O) groups excluding carboxylic acids is 1. The number of nitrogens with zero attached hydrogens (tertiary/aromatic N) is 4. The van der Waals surface area contributed by atoms with Gasteiger partial charge in [0.05, 0.1) is 17.9 Å². The number of benzene rings is 1. The van der Waals surface area contributed by atoms with Crippen LogP contribution in [-0.4, -0.2) is 37.5 Å². The van der Waals surface area contributed by atoms with Crippen LogP contribution in [0.5, 0.6) is 0 Å². The van der Waals surface area contributed by atoms with E-state index in [2.05, 4.69) is 31.9 Å². The molecule has 2 aromatic heterocycles. The van der Waals surface area contributed by atoms with E-state index in [0.29, 0.717) is 23.2 Å². The van der Waals surface area contributed by atoms with Crippen LogP contribution >= 0.6 is 11.8 Å². The molecule has 0 radical (unpaired) electrons. The fourth-order valence-corrected chi connectivity index (χ4v) is 5.06. The SMILES string of the molecule is CCCSc1nn(CC(=O)OCC)c2nc3c(c(=O)n12)C(C)(CC)Cc1ccccc1-3. The summed E-state index contributed by atoms with van der Waals surface area (Å²) in [6, 6.07) is 8.12. The first-order valence-corrected chi connectivity index (χ1v) is 11.8. The van der Waals surface area contributed by atoms with Crippen LogP contribution in [-0.2, 0) is 27.9 Å².